The zero-order valence-electron chi connectivity index (χ0n) is 15.8. The molecule has 1 atom stereocenters. The van der Waals surface area contributed by atoms with Crippen molar-refractivity contribution in [3.8, 4) is 0 Å². The van der Waals surface area contributed by atoms with E-state index in [1.807, 2.05) is 41.6 Å². The van der Waals surface area contributed by atoms with Gasteiger partial charge in [-0.2, -0.15) is 0 Å². The van der Waals surface area contributed by atoms with Gasteiger partial charge in [0, 0.05) is 16.7 Å². The molecule has 148 valence electrons. The van der Waals surface area contributed by atoms with Crippen LogP contribution in [-0.4, -0.2) is 29.4 Å². The lowest BCUT2D eigenvalue weighted by Gasteiger charge is -2.27. The monoisotopic (exact) mass is 504 g/mol. The molecule has 0 N–H and O–H groups in total. The van der Waals surface area contributed by atoms with Crippen molar-refractivity contribution in [1.29, 1.82) is 0 Å². The highest BCUT2D eigenvalue weighted by atomic mass is 127. The Hall–Kier alpha value is -1.48. The van der Waals surface area contributed by atoms with Gasteiger partial charge in [-0.1, -0.05) is 30.4 Å². The molecule has 0 amide bonds. The van der Waals surface area contributed by atoms with Crippen molar-refractivity contribution in [2.45, 2.75) is 38.5 Å². The fourth-order valence-corrected chi connectivity index (χ4v) is 3.90. The van der Waals surface area contributed by atoms with Crippen LogP contribution in [-0.2, 0) is 29.9 Å². The molecule has 1 aromatic rings. The van der Waals surface area contributed by atoms with Crippen LogP contribution in [0.4, 0.5) is 0 Å². The Morgan fingerprint density at radius 2 is 1.67 bits per heavy atom. The predicted molar refractivity (Wildman–Crippen MR) is 115 cm³/mol. The lowest BCUT2D eigenvalue weighted by Crippen LogP contribution is -2.42. The zero-order chi connectivity index (χ0) is 20.4. The Kier molecular flexibility index (Phi) is 9.93. The van der Waals surface area contributed by atoms with Crippen LogP contribution in [0.3, 0.4) is 0 Å². The Morgan fingerprint density at radius 1 is 1.15 bits per heavy atom. The molecule has 0 saturated carbocycles. The number of carbonyl (C=O) groups is 2. The van der Waals surface area contributed by atoms with Gasteiger partial charge in [0.05, 0.1) is 24.0 Å². The first-order valence-corrected chi connectivity index (χ1v) is 10.9. The van der Waals surface area contributed by atoms with Crippen molar-refractivity contribution >= 4 is 45.3 Å². The molecule has 0 aromatic heterocycles. The molecule has 7 heteroatoms. The van der Waals surface area contributed by atoms with Crippen LogP contribution in [0.15, 0.2) is 50.8 Å². The minimum absolute atomic E-state index is 0.0181. The quantitative estimate of drug-likeness (QED) is 0.268. The lowest BCUT2D eigenvalue weighted by atomic mass is 9.81. The Balaban J connectivity index is 3.11. The smallest absolute Gasteiger partial charge is 0.324 e. The first-order valence-electron chi connectivity index (χ1n) is 8.58. The molecule has 0 spiro atoms. The molecule has 1 aromatic carbocycles. The molecule has 5 nitrogen and oxygen atoms in total. The van der Waals surface area contributed by atoms with Gasteiger partial charge in [-0.25, -0.2) is 4.21 Å². The van der Waals surface area contributed by atoms with Gasteiger partial charge in [0.1, 0.15) is 0 Å². The van der Waals surface area contributed by atoms with E-state index in [1.54, 1.807) is 32.1 Å². The fraction of sp³-hybridized carbons (Fsp3) is 0.400. The van der Waals surface area contributed by atoms with Crippen molar-refractivity contribution < 1.29 is 23.3 Å². The number of aryl methyl sites for hydroxylation is 1. The van der Waals surface area contributed by atoms with Crippen LogP contribution in [0.5, 0.6) is 0 Å². The van der Waals surface area contributed by atoms with Gasteiger partial charge in [0.2, 0.25) is 0 Å². The van der Waals surface area contributed by atoms with Gasteiger partial charge in [0.25, 0.3) is 0 Å². The second-order valence-electron chi connectivity index (χ2n) is 5.90. The third-order valence-electron chi connectivity index (χ3n) is 3.77. The molecule has 0 aliphatic carbocycles. The first kappa shape index (κ1) is 23.6. The second kappa shape index (κ2) is 11.4. The maximum Gasteiger partial charge on any atom is 0.324 e. The Labute approximate surface area is 176 Å². The summed E-state index contributed by atoms with van der Waals surface area (Å²) in [6.45, 7) is 9.40. The molecular weight excluding hydrogens is 479 g/mol. The van der Waals surface area contributed by atoms with E-state index in [4.69, 9.17) is 9.47 Å². The second-order valence-corrected chi connectivity index (χ2v) is 8.77. The molecule has 0 radical (unpaired) electrons. The maximum absolute atomic E-state index is 12.6. The molecule has 0 bridgehead atoms. The van der Waals surface area contributed by atoms with Crippen LogP contribution >= 0.6 is 22.6 Å². The SMILES string of the molecule is C=C(I)CC(C/C=C\S(=O)c1ccc(C)cc1)(C(=O)OCC)C(=O)OCC. The summed E-state index contributed by atoms with van der Waals surface area (Å²) in [6.07, 6.45) is 1.68. The van der Waals surface area contributed by atoms with Crippen LogP contribution < -0.4 is 0 Å². The molecule has 27 heavy (non-hydrogen) atoms. The molecule has 1 unspecified atom stereocenters. The van der Waals surface area contributed by atoms with E-state index in [-0.39, 0.29) is 26.1 Å². The third-order valence-corrected chi connectivity index (χ3v) is 5.32. The first-order chi connectivity index (χ1) is 12.8. The van der Waals surface area contributed by atoms with E-state index in [1.165, 1.54) is 5.41 Å². The number of rotatable bonds is 10. The highest BCUT2D eigenvalue weighted by molar-refractivity contribution is 14.1. The summed E-state index contributed by atoms with van der Waals surface area (Å²) in [6, 6.07) is 7.32. The van der Waals surface area contributed by atoms with E-state index < -0.39 is 28.2 Å². The van der Waals surface area contributed by atoms with Gasteiger partial charge in [-0.3, -0.25) is 9.59 Å². The van der Waals surface area contributed by atoms with Gasteiger partial charge in [0.15, 0.2) is 5.41 Å². The number of allylic oxidation sites excluding steroid dienone is 2. The molecule has 0 aliphatic heterocycles. The highest BCUT2D eigenvalue weighted by Crippen LogP contribution is 2.36. The van der Waals surface area contributed by atoms with Crippen molar-refractivity contribution in [1.82, 2.24) is 0 Å². The molecule has 0 fully saturated rings. The van der Waals surface area contributed by atoms with Crippen LogP contribution in [0, 0.1) is 12.3 Å². The topological polar surface area (TPSA) is 69.7 Å². The largest absolute Gasteiger partial charge is 0.465 e. The summed E-state index contributed by atoms with van der Waals surface area (Å²) < 4.78 is 23.3. The molecular formula is C20H25IO5S. The van der Waals surface area contributed by atoms with Crippen molar-refractivity contribution in [2.75, 3.05) is 13.2 Å². The maximum atomic E-state index is 12.6. The number of esters is 2. The number of ether oxygens (including phenoxy) is 2. The number of hydrogen-bond donors (Lipinski definition) is 0. The van der Waals surface area contributed by atoms with Gasteiger partial charge < -0.3 is 9.47 Å². The fourth-order valence-electron chi connectivity index (χ4n) is 2.42. The van der Waals surface area contributed by atoms with Crippen LogP contribution in [0.1, 0.15) is 32.3 Å². The average molecular weight is 504 g/mol. The van der Waals surface area contributed by atoms with Crippen LogP contribution in [0.25, 0.3) is 0 Å². The number of halogens is 1. The summed E-state index contributed by atoms with van der Waals surface area (Å²) in [5.74, 6) is -1.32. The standard InChI is InChI=1S/C20H25IO5S/c1-5-25-18(22)20(14-16(4)21,19(23)26-6-2)12-7-13-27(24)17-10-8-15(3)9-11-17/h7-11,13H,4-6,12,14H2,1-3H3/b13-7-. The highest BCUT2D eigenvalue weighted by Gasteiger charge is 2.48. The molecule has 0 heterocycles. The summed E-state index contributed by atoms with van der Waals surface area (Å²) in [5, 5.41) is 1.48. The summed E-state index contributed by atoms with van der Waals surface area (Å²) >= 11 is 1.97. The van der Waals surface area contributed by atoms with E-state index in [0.29, 0.717) is 8.48 Å². The summed E-state index contributed by atoms with van der Waals surface area (Å²) in [4.78, 5) is 25.9. The van der Waals surface area contributed by atoms with Gasteiger partial charge in [-0.05, 0) is 65.5 Å². The zero-order valence-corrected chi connectivity index (χ0v) is 18.8. The average Bonchev–Trinajstić information content (AvgIpc) is 2.61. The Bertz CT molecular complexity index is 706. The minimum Gasteiger partial charge on any atom is -0.465 e. The molecule has 0 saturated heterocycles. The predicted octanol–water partition coefficient (Wildman–Crippen LogP) is 4.46. The van der Waals surface area contributed by atoms with Crippen molar-refractivity contribution in [3.05, 3.63) is 51.5 Å². The van der Waals surface area contributed by atoms with Gasteiger partial charge >= 0.3 is 11.9 Å². The van der Waals surface area contributed by atoms with Crippen LogP contribution in [0.2, 0.25) is 0 Å². The summed E-state index contributed by atoms with van der Waals surface area (Å²) in [7, 11) is -1.38. The molecule has 1 rings (SSSR count). The minimum atomic E-state index is -1.53. The van der Waals surface area contributed by atoms with E-state index in [2.05, 4.69) is 6.58 Å². The van der Waals surface area contributed by atoms with Gasteiger partial charge in [-0.15, -0.1) is 0 Å². The lowest BCUT2D eigenvalue weighted by molar-refractivity contribution is -0.171. The number of carbonyl (C=O) groups excluding carboxylic acids is 2. The Morgan fingerprint density at radius 3 is 2.11 bits per heavy atom. The summed E-state index contributed by atoms with van der Waals surface area (Å²) in [5.41, 5.74) is -0.456. The van der Waals surface area contributed by atoms with Crippen molar-refractivity contribution in [3.63, 3.8) is 0 Å². The van der Waals surface area contributed by atoms with E-state index >= 15 is 0 Å². The molecule has 0 aliphatic rings. The van der Waals surface area contributed by atoms with Crippen molar-refractivity contribution in [2.24, 2.45) is 5.41 Å². The third kappa shape index (κ3) is 6.88. The number of benzene rings is 1. The number of hydrogen-bond acceptors (Lipinski definition) is 5. The van der Waals surface area contributed by atoms with E-state index in [9.17, 15) is 13.8 Å². The van der Waals surface area contributed by atoms with E-state index in [0.717, 1.165) is 5.56 Å². The normalized spacial score (nSPS) is 12.6.